The number of carboxylic acid groups (broad SMARTS) is 4. The van der Waals surface area contributed by atoms with Gasteiger partial charge in [0.1, 0.15) is 42.3 Å². The largest absolute Gasteiger partial charge is 0.481 e. The summed E-state index contributed by atoms with van der Waals surface area (Å²) in [5, 5.41) is 149. The van der Waals surface area contributed by atoms with Gasteiger partial charge in [-0.05, 0) is 82.1 Å². The van der Waals surface area contributed by atoms with Gasteiger partial charge in [0.05, 0.1) is 74.9 Å². The molecule has 0 aliphatic rings. The zero-order valence-electron chi connectivity index (χ0n) is 62.1. The van der Waals surface area contributed by atoms with Crippen molar-refractivity contribution in [2.45, 2.75) is 207 Å². The number of carboxylic acids is 4. The summed E-state index contributed by atoms with van der Waals surface area (Å²) in [5.41, 5.74) is 2.56. The number of rotatable bonds is 55. The van der Waals surface area contributed by atoms with Crippen LogP contribution in [-0.4, -0.2) is 305 Å². The lowest BCUT2D eigenvalue weighted by molar-refractivity contribution is -0.170. The summed E-state index contributed by atoms with van der Waals surface area (Å²) >= 11 is 3.90. The second-order valence-corrected chi connectivity index (χ2v) is 26.7. The number of anilines is 2. The number of hydrogen-bond donors (Lipinski definition) is 26. The van der Waals surface area contributed by atoms with Crippen molar-refractivity contribution in [3.8, 4) is 0 Å². The average molecular weight is 1680 g/mol. The van der Waals surface area contributed by atoms with Crippen molar-refractivity contribution in [2.75, 3.05) is 55.8 Å². The first-order valence-electron chi connectivity index (χ1n) is 35.9. The number of hydrogen-bond acceptors (Lipinski definition) is 30. The van der Waals surface area contributed by atoms with Gasteiger partial charge in [0.25, 0.3) is 11.5 Å². The fraction of sp³-hybridized carbons (Fsp3) is 0.597. The molecule has 0 aliphatic heterocycles. The number of thiol groups is 1. The van der Waals surface area contributed by atoms with Gasteiger partial charge >= 0.3 is 36.0 Å². The van der Waals surface area contributed by atoms with Crippen LogP contribution in [0.15, 0.2) is 35.3 Å². The van der Waals surface area contributed by atoms with E-state index >= 15 is 0 Å². The maximum absolute atomic E-state index is 14.6. The molecule has 646 valence electrons. The third kappa shape index (κ3) is 37.1. The minimum Gasteiger partial charge on any atom is -0.481 e. The third-order valence-electron chi connectivity index (χ3n) is 16.9. The maximum Gasteiger partial charge on any atom is 0.471 e. The molecule has 0 unspecified atom stereocenters. The number of nitrogens with one attached hydrogen (secondary N) is 11. The molecule has 26 N–H and O–H groups in total. The number of aliphatic hydroxyl groups excluding tert-OH is 9. The molecule has 0 fully saturated rings. The maximum atomic E-state index is 14.6. The number of H-pyrrole nitrogens is 1. The number of fused-ring (bicyclic) bond motifs is 1. The van der Waals surface area contributed by atoms with Gasteiger partial charge in [-0.2, -0.15) is 30.8 Å². The molecule has 49 heteroatoms. The summed E-state index contributed by atoms with van der Waals surface area (Å²) in [5.74, 6) is -22.0. The Balaban J connectivity index is 2.04. The Hall–Kier alpha value is -10.9. The minimum absolute atomic E-state index is 0.142. The molecule has 13 atom stereocenters. The molecule has 45 nitrogen and oxygen atoms in total. The molecule has 116 heavy (non-hydrogen) atoms. The molecule has 2 heterocycles. The van der Waals surface area contributed by atoms with Crippen LogP contribution in [0.4, 0.5) is 24.8 Å². The predicted octanol–water partition coefficient (Wildman–Crippen LogP) is -7.82. The van der Waals surface area contributed by atoms with E-state index in [1.165, 1.54) is 0 Å². The van der Waals surface area contributed by atoms with E-state index < -0.39 is 305 Å². The summed E-state index contributed by atoms with van der Waals surface area (Å²) in [7, 11) is 0. The van der Waals surface area contributed by atoms with Crippen molar-refractivity contribution in [1.29, 1.82) is 0 Å². The molecular weight excluding hydrogens is 1580 g/mol. The molecule has 0 saturated heterocycles. The lowest BCUT2D eigenvalue weighted by atomic mass is 10.0. The molecular formula is C67H97F3N16O29S. The Morgan fingerprint density at radius 3 is 1.17 bits per heavy atom. The number of carbonyl (C=O) groups is 15. The van der Waals surface area contributed by atoms with Crippen LogP contribution in [0, 0.1) is 0 Å². The molecule has 3 aromatic rings. The summed E-state index contributed by atoms with van der Waals surface area (Å²) in [6, 6.07) is -10.4. The number of nitrogen functional groups attached to an aromatic ring is 1. The van der Waals surface area contributed by atoms with Crippen LogP contribution < -0.4 is 69.4 Å². The van der Waals surface area contributed by atoms with Gasteiger partial charge < -0.3 is 125 Å². The number of alkyl halides is 3. The van der Waals surface area contributed by atoms with Gasteiger partial charge in [-0.3, -0.25) is 77.0 Å². The Morgan fingerprint density at radius 1 is 0.466 bits per heavy atom. The highest BCUT2D eigenvalue weighted by atomic mass is 32.1. The first-order chi connectivity index (χ1) is 54.6. The van der Waals surface area contributed by atoms with Crippen LogP contribution in [0.2, 0.25) is 0 Å². The highest BCUT2D eigenvalue weighted by Gasteiger charge is 2.44. The third-order valence-corrected chi connectivity index (χ3v) is 17.3. The predicted molar refractivity (Wildman–Crippen MR) is 393 cm³/mol. The minimum atomic E-state index is -5.51. The standard InChI is InChI=1S/C67H97F3N16O29S/c68-67(69,70)65(115)86(27-33-26-75-55-54(76-33)62(110)85-66(71)84-55)34-3-1-32(2-4-34)56(104)82-46(63(111)112)8-14-51(99)77-41(5-11-48(96)72-20-17-35(90)23-38(93)28-87)57(105)80-44(9-15-52(100)101)59(107)78-42(6-12-49(97)73-21-18-36(91)24-39(94)29-88)58(106)81-45(10-16-53(102)103)60(108)79-43(61(109)83-47(31-116)64(113)114)7-13-50(98)74-22-19-37(92)25-40(95)30-89/h1-4,26,35-47,87-95,116H,5-25,27-31H2,(H,72,96)(H,73,97)(H,74,98)(H,77,99)(H,78,107)(H,79,108)(H,80,105)(H,81,106)(H,82,104)(H,83,109)(H,100,101)(H,102,103)(H,111,112)(H,113,114)(H3,71,75,84,85,110)/t35-,36-,37-,38+,39+,40+,41+,42+,43+,44-,45-,46-,47-/m1/s1. The summed E-state index contributed by atoms with van der Waals surface area (Å²) < 4.78 is 41.9. The molecule has 3 rings (SSSR count). The Bertz CT molecular complexity index is 3910. The molecule has 0 bridgehead atoms. The second kappa shape index (κ2) is 50.4. The summed E-state index contributed by atoms with van der Waals surface area (Å²) in [4.78, 5) is 226. The normalized spacial score (nSPS) is 14.7. The van der Waals surface area contributed by atoms with E-state index in [0.29, 0.717) is 0 Å². The Morgan fingerprint density at radius 2 is 0.819 bits per heavy atom. The van der Waals surface area contributed by atoms with E-state index in [2.05, 4.69) is 85.7 Å². The van der Waals surface area contributed by atoms with Crippen molar-refractivity contribution in [3.05, 3.63) is 52.1 Å². The topological polar surface area (TPSA) is 740 Å². The van der Waals surface area contributed by atoms with Crippen molar-refractivity contribution >= 4 is 124 Å². The molecule has 0 radical (unpaired) electrons. The van der Waals surface area contributed by atoms with Gasteiger partial charge in [-0.1, -0.05) is 0 Å². The number of nitrogens with two attached hydrogens (primary N) is 1. The number of aliphatic hydroxyl groups is 9. The molecule has 11 amide bonds. The van der Waals surface area contributed by atoms with E-state index in [0.717, 1.165) is 30.5 Å². The molecule has 1 aromatic carbocycles. The van der Waals surface area contributed by atoms with Crippen LogP contribution >= 0.6 is 12.6 Å². The number of halogens is 3. The highest BCUT2D eigenvalue weighted by Crippen LogP contribution is 2.27. The van der Waals surface area contributed by atoms with E-state index in [9.17, 15) is 146 Å². The van der Waals surface area contributed by atoms with Crippen LogP contribution in [0.1, 0.15) is 132 Å². The van der Waals surface area contributed by atoms with Crippen molar-refractivity contribution in [2.24, 2.45) is 0 Å². The smallest absolute Gasteiger partial charge is 0.471 e. The molecule has 0 saturated carbocycles. The number of nitrogens with zero attached hydrogens (tertiary/aromatic N) is 4. The van der Waals surface area contributed by atoms with Crippen LogP contribution in [0.5, 0.6) is 0 Å². The first-order valence-corrected chi connectivity index (χ1v) is 36.5. The van der Waals surface area contributed by atoms with E-state index in [4.69, 9.17) is 15.9 Å². The Labute approximate surface area is 661 Å². The van der Waals surface area contributed by atoms with E-state index in [-0.39, 0.29) is 80.3 Å². The zero-order valence-corrected chi connectivity index (χ0v) is 63.0. The molecule has 0 spiro atoms. The van der Waals surface area contributed by atoms with Gasteiger partial charge in [0.2, 0.25) is 59.1 Å². The monoisotopic (exact) mass is 1680 g/mol. The van der Waals surface area contributed by atoms with Gasteiger partial charge in [0.15, 0.2) is 11.2 Å². The number of benzene rings is 1. The highest BCUT2D eigenvalue weighted by molar-refractivity contribution is 7.80. The SMILES string of the molecule is Nc1nc2ncc(CN(C(=O)C(F)(F)F)c3ccc(C(=O)N[C@H](CCC(=O)N[C@@H](CCC(=O)NCC[C@@H](O)C[C@H](O)CO)C(=O)N[C@H](CCC(=O)O)C(=O)N[C@@H](CCC(=O)NCC[C@@H](O)C[C@H](O)CO)C(=O)N[C@H](CCC(=O)O)C(=O)N[C@@H](CCC(=O)NCC[C@@H](O)C[C@H](O)CO)C(=O)N[C@H](CS)C(=O)O)C(=O)O)cc3)nc2c(=O)[nH]1. The van der Waals surface area contributed by atoms with Crippen molar-refractivity contribution < 1.29 is 151 Å². The quantitative estimate of drug-likeness (QED) is 0.0233. The summed E-state index contributed by atoms with van der Waals surface area (Å²) in [6.45, 7) is -3.91. The first kappa shape index (κ1) is 99.3. The van der Waals surface area contributed by atoms with Gasteiger partial charge in [-0.25, -0.2) is 19.6 Å². The summed E-state index contributed by atoms with van der Waals surface area (Å²) in [6.07, 6.45) is -23.5. The average Bonchev–Trinajstić information content (AvgIpc) is 0.796. The van der Waals surface area contributed by atoms with Gasteiger partial charge in [-0.15, -0.1) is 0 Å². The number of aliphatic carboxylic acids is 4. The molecule has 0 aliphatic carbocycles. The lowest BCUT2D eigenvalue weighted by Crippen LogP contribution is -2.59. The van der Waals surface area contributed by atoms with Crippen molar-refractivity contribution in [1.82, 2.24) is 73.1 Å². The van der Waals surface area contributed by atoms with Gasteiger partial charge in [0, 0.05) is 94.4 Å². The fourth-order valence-electron chi connectivity index (χ4n) is 10.6. The van der Waals surface area contributed by atoms with Crippen molar-refractivity contribution in [3.63, 3.8) is 0 Å². The molecule has 2 aromatic heterocycles. The van der Waals surface area contributed by atoms with Crippen LogP contribution in [0.25, 0.3) is 11.2 Å². The van der Waals surface area contributed by atoms with E-state index in [1.54, 1.807) is 0 Å². The van der Waals surface area contributed by atoms with Crippen LogP contribution in [-0.2, 0) is 73.7 Å². The zero-order chi connectivity index (χ0) is 87.1. The number of aromatic nitrogens is 4. The number of carbonyl (C=O) groups excluding carboxylic acids is 11. The number of amides is 11. The number of aromatic amines is 1. The second-order valence-electron chi connectivity index (χ2n) is 26.3. The van der Waals surface area contributed by atoms with E-state index in [1.807, 2.05) is 0 Å². The van der Waals surface area contributed by atoms with Crippen LogP contribution in [0.3, 0.4) is 0 Å². The lowest BCUT2D eigenvalue weighted by Gasteiger charge is -2.27. The fourth-order valence-corrected chi connectivity index (χ4v) is 10.9. The Kier molecular flexibility index (Phi) is 43.2.